The highest BCUT2D eigenvalue weighted by Crippen LogP contribution is 2.55. The first-order valence-corrected chi connectivity index (χ1v) is 14.9. The predicted octanol–water partition coefficient (Wildman–Crippen LogP) is 6.86. The van der Waals surface area contributed by atoms with Gasteiger partial charge in [0.25, 0.3) is 5.91 Å². The molecule has 4 aliphatic rings. The molecule has 4 saturated carbocycles. The number of methoxy groups -OCH3 is 1. The molecule has 0 aromatic heterocycles. The quantitative estimate of drug-likeness (QED) is 0.248. The number of amides is 3. The molecule has 0 aliphatic heterocycles. The van der Waals surface area contributed by atoms with Gasteiger partial charge in [0.2, 0.25) is 0 Å². The molecular weight excluding hydrogens is 533 g/mol. The fourth-order valence-electron chi connectivity index (χ4n) is 7.56. The van der Waals surface area contributed by atoms with Gasteiger partial charge in [-0.1, -0.05) is 12.1 Å². The largest absolute Gasteiger partial charge is 0.497 e. The average molecular weight is 572 g/mol. The van der Waals surface area contributed by atoms with Crippen LogP contribution in [0.4, 0.5) is 14.9 Å². The molecule has 220 valence electrons. The van der Waals surface area contributed by atoms with Crippen molar-refractivity contribution >= 4 is 17.6 Å². The van der Waals surface area contributed by atoms with E-state index in [2.05, 4.69) is 16.0 Å². The Kier molecular flexibility index (Phi) is 8.05. The van der Waals surface area contributed by atoms with Crippen molar-refractivity contribution in [2.75, 3.05) is 19.0 Å². The van der Waals surface area contributed by atoms with E-state index in [0.717, 1.165) is 42.6 Å². The number of hydrogen-bond acceptors (Lipinski definition) is 4. The molecule has 3 N–H and O–H groups in total. The van der Waals surface area contributed by atoms with E-state index in [9.17, 15) is 14.0 Å². The van der Waals surface area contributed by atoms with Gasteiger partial charge in [0.15, 0.2) is 0 Å². The number of anilines is 1. The van der Waals surface area contributed by atoms with Crippen molar-refractivity contribution < 1.29 is 23.5 Å². The Hall–Kier alpha value is -4.07. The lowest BCUT2D eigenvalue weighted by Gasteiger charge is -2.56. The number of urea groups is 1. The smallest absolute Gasteiger partial charge is 0.315 e. The number of halogens is 1. The SMILES string of the molecule is COc1ccc(NC(=O)c2ccc(OC(CCNC(=O)NC34CC5CC(CC(C5)C3)C4)c3ccc(F)cc3)cc2)cc1. The molecule has 1 atom stereocenters. The maximum Gasteiger partial charge on any atom is 0.315 e. The van der Waals surface area contributed by atoms with Crippen LogP contribution in [0.3, 0.4) is 0 Å². The van der Waals surface area contributed by atoms with E-state index in [-0.39, 0.29) is 23.3 Å². The van der Waals surface area contributed by atoms with Crippen molar-refractivity contribution in [1.82, 2.24) is 10.6 Å². The van der Waals surface area contributed by atoms with E-state index in [4.69, 9.17) is 9.47 Å². The van der Waals surface area contributed by atoms with Crippen LogP contribution in [0.1, 0.15) is 67.0 Å². The number of hydrogen-bond donors (Lipinski definition) is 3. The summed E-state index contributed by atoms with van der Waals surface area (Å²) in [6.07, 6.45) is 7.37. The summed E-state index contributed by atoms with van der Waals surface area (Å²) >= 11 is 0. The van der Waals surface area contributed by atoms with Crippen LogP contribution in [0.15, 0.2) is 72.8 Å². The second-order valence-corrected chi connectivity index (χ2v) is 12.2. The number of rotatable bonds is 10. The van der Waals surface area contributed by atoms with Crippen molar-refractivity contribution in [3.05, 3.63) is 89.7 Å². The molecule has 0 radical (unpaired) electrons. The molecule has 3 amide bonds. The van der Waals surface area contributed by atoms with Gasteiger partial charge >= 0.3 is 6.03 Å². The van der Waals surface area contributed by atoms with Crippen molar-refractivity contribution in [2.24, 2.45) is 17.8 Å². The minimum Gasteiger partial charge on any atom is -0.497 e. The van der Waals surface area contributed by atoms with Crippen molar-refractivity contribution in [3.8, 4) is 11.5 Å². The summed E-state index contributed by atoms with van der Waals surface area (Å²) in [5.41, 5.74) is 1.91. The number of carbonyl (C=O) groups is 2. The lowest BCUT2D eigenvalue weighted by atomic mass is 9.53. The van der Waals surface area contributed by atoms with Crippen LogP contribution < -0.4 is 25.4 Å². The lowest BCUT2D eigenvalue weighted by Crippen LogP contribution is -2.61. The van der Waals surface area contributed by atoms with E-state index in [1.807, 2.05) is 0 Å². The minimum atomic E-state index is -0.413. The van der Waals surface area contributed by atoms with Gasteiger partial charge in [0.05, 0.1) is 7.11 Å². The molecule has 3 aromatic rings. The number of benzene rings is 3. The molecule has 1 unspecified atom stereocenters. The number of nitrogens with one attached hydrogen (secondary N) is 3. The van der Waals surface area contributed by atoms with E-state index < -0.39 is 6.10 Å². The Bertz CT molecular complexity index is 1360. The van der Waals surface area contributed by atoms with Gasteiger partial charge in [-0.25, -0.2) is 9.18 Å². The zero-order chi connectivity index (χ0) is 29.1. The molecule has 0 spiro atoms. The summed E-state index contributed by atoms with van der Waals surface area (Å²) < 4.78 is 25.1. The van der Waals surface area contributed by atoms with Crippen molar-refractivity contribution in [1.29, 1.82) is 0 Å². The third-order valence-corrected chi connectivity index (χ3v) is 9.09. The first-order chi connectivity index (χ1) is 20.4. The first kappa shape index (κ1) is 28.1. The van der Waals surface area contributed by atoms with Gasteiger partial charge in [-0.05, 0) is 123 Å². The predicted molar refractivity (Wildman–Crippen MR) is 159 cm³/mol. The monoisotopic (exact) mass is 571 g/mol. The molecule has 0 heterocycles. The Labute approximate surface area is 246 Å². The van der Waals surface area contributed by atoms with Crippen molar-refractivity contribution in [2.45, 2.75) is 56.6 Å². The highest BCUT2D eigenvalue weighted by molar-refractivity contribution is 6.04. The topological polar surface area (TPSA) is 88.7 Å². The number of ether oxygens (including phenoxy) is 2. The standard InChI is InChI=1S/C34H38FN3O4/c1-41-29-12-8-28(9-13-29)37-32(39)26-4-10-30(11-5-26)42-31(25-2-6-27(35)7-3-25)14-15-36-33(40)38-34-19-22-16-23(20-34)18-24(17-22)21-34/h2-13,22-24,31H,14-21H2,1H3,(H,37,39)(H2,36,38,40). The van der Waals surface area contributed by atoms with Crippen LogP contribution in [0.2, 0.25) is 0 Å². The summed E-state index contributed by atoms with van der Waals surface area (Å²) in [5.74, 6) is 2.99. The van der Waals surface area contributed by atoms with Crippen LogP contribution in [-0.2, 0) is 0 Å². The molecule has 42 heavy (non-hydrogen) atoms. The van der Waals surface area contributed by atoms with Gasteiger partial charge in [0, 0.05) is 29.8 Å². The minimum absolute atomic E-state index is 0.0485. The third kappa shape index (κ3) is 6.53. The maximum absolute atomic E-state index is 13.7. The van der Waals surface area contributed by atoms with Crippen LogP contribution >= 0.6 is 0 Å². The second-order valence-electron chi connectivity index (χ2n) is 12.2. The molecule has 4 fully saturated rings. The van der Waals surface area contributed by atoms with Crippen molar-refractivity contribution in [3.63, 3.8) is 0 Å². The summed E-state index contributed by atoms with van der Waals surface area (Å²) in [4.78, 5) is 25.7. The fourth-order valence-corrected chi connectivity index (χ4v) is 7.56. The Morgan fingerprint density at radius 2 is 1.45 bits per heavy atom. The summed E-state index contributed by atoms with van der Waals surface area (Å²) in [6, 6.07) is 20.1. The maximum atomic E-state index is 13.7. The highest BCUT2D eigenvalue weighted by Gasteiger charge is 2.51. The Morgan fingerprint density at radius 1 is 0.857 bits per heavy atom. The van der Waals surface area contributed by atoms with Crippen LogP contribution in [-0.4, -0.2) is 31.1 Å². The molecular formula is C34H38FN3O4. The molecule has 8 heteroatoms. The molecule has 7 nitrogen and oxygen atoms in total. The Balaban J connectivity index is 1.05. The second kappa shape index (κ2) is 12.0. The average Bonchev–Trinajstić information content (AvgIpc) is 2.97. The van der Waals surface area contributed by atoms with Gasteiger partial charge in [-0.15, -0.1) is 0 Å². The van der Waals surface area contributed by atoms with Gasteiger partial charge in [-0.2, -0.15) is 0 Å². The fraction of sp³-hybridized carbons (Fsp3) is 0.412. The van der Waals surface area contributed by atoms with Crippen LogP contribution in [0.5, 0.6) is 11.5 Å². The van der Waals surface area contributed by atoms with Gasteiger partial charge < -0.3 is 25.4 Å². The summed E-state index contributed by atoms with van der Waals surface area (Å²) in [7, 11) is 1.59. The summed E-state index contributed by atoms with van der Waals surface area (Å²) in [6.45, 7) is 0.405. The normalized spacial score (nSPS) is 24.5. The summed E-state index contributed by atoms with van der Waals surface area (Å²) in [5, 5.41) is 9.26. The highest BCUT2D eigenvalue weighted by atomic mass is 19.1. The van der Waals surface area contributed by atoms with Crippen LogP contribution in [0.25, 0.3) is 0 Å². The molecule has 0 saturated heterocycles. The third-order valence-electron chi connectivity index (χ3n) is 9.09. The zero-order valence-electron chi connectivity index (χ0n) is 23.9. The van der Waals surface area contributed by atoms with E-state index in [1.54, 1.807) is 67.8 Å². The van der Waals surface area contributed by atoms with E-state index in [0.29, 0.717) is 35.7 Å². The lowest BCUT2D eigenvalue weighted by molar-refractivity contribution is -0.0135. The molecule has 7 rings (SSSR count). The van der Waals surface area contributed by atoms with Gasteiger partial charge in [-0.3, -0.25) is 4.79 Å². The molecule has 4 aliphatic carbocycles. The van der Waals surface area contributed by atoms with Crippen LogP contribution in [0, 0.1) is 23.6 Å². The Morgan fingerprint density at radius 3 is 2.05 bits per heavy atom. The van der Waals surface area contributed by atoms with Gasteiger partial charge in [0.1, 0.15) is 23.4 Å². The first-order valence-electron chi connectivity index (χ1n) is 14.9. The molecule has 3 aromatic carbocycles. The number of carbonyl (C=O) groups excluding carboxylic acids is 2. The molecule has 4 bridgehead atoms. The van der Waals surface area contributed by atoms with E-state index >= 15 is 0 Å². The van der Waals surface area contributed by atoms with E-state index in [1.165, 1.54) is 31.4 Å². The zero-order valence-corrected chi connectivity index (χ0v) is 23.9.